The lowest BCUT2D eigenvalue weighted by molar-refractivity contribution is -0.139. The van der Waals surface area contributed by atoms with Crippen molar-refractivity contribution < 1.29 is 19.4 Å². The van der Waals surface area contributed by atoms with Gasteiger partial charge in [-0.2, -0.15) is 0 Å². The normalized spacial score (nSPS) is 11.2. The molecule has 1 aromatic heterocycles. The Morgan fingerprint density at radius 3 is 2.19 bits per heavy atom. The minimum Gasteiger partial charge on any atom is -0.481 e. The number of ether oxygens (including phenoxy) is 1. The second-order valence-electron chi connectivity index (χ2n) is 10.2. The van der Waals surface area contributed by atoms with Crippen LogP contribution in [0.25, 0.3) is 32.9 Å². The molecule has 6 nitrogen and oxygen atoms in total. The molecule has 0 spiro atoms. The lowest BCUT2D eigenvalue weighted by Crippen LogP contribution is -2.11. The van der Waals surface area contributed by atoms with E-state index >= 15 is 0 Å². The van der Waals surface area contributed by atoms with Gasteiger partial charge in [0.1, 0.15) is 5.75 Å². The van der Waals surface area contributed by atoms with Crippen molar-refractivity contribution in [1.82, 2.24) is 4.57 Å². The first-order valence-corrected chi connectivity index (χ1v) is 13.9. The largest absolute Gasteiger partial charge is 0.481 e. The number of benzene rings is 5. The Hall–Kier alpha value is -5.07. The Kier molecular flexibility index (Phi) is 7.38. The van der Waals surface area contributed by atoms with E-state index in [4.69, 9.17) is 22.1 Å². The SMILES string of the molecule is NC(=O)c1cccc2c1c1c(OCC(=O)O)cc(-c3ccc(Cl)cc3)cc1n2Cc1cccc(Cc2ccccc2)c1. The Bertz CT molecular complexity index is 1950. The van der Waals surface area contributed by atoms with Gasteiger partial charge in [-0.15, -0.1) is 0 Å². The third-order valence-corrected chi connectivity index (χ3v) is 7.58. The number of nitrogens with zero attached hydrogens (tertiary/aromatic N) is 1. The summed E-state index contributed by atoms with van der Waals surface area (Å²) in [4.78, 5) is 24.1. The maximum absolute atomic E-state index is 12.6. The van der Waals surface area contributed by atoms with E-state index in [1.54, 1.807) is 24.3 Å². The van der Waals surface area contributed by atoms with E-state index in [0.717, 1.165) is 34.1 Å². The van der Waals surface area contributed by atoms with Crippen LogP contribution in [-0.4, -0.2) is 28.2 Å². The van der Waals surface area contributed by atoms with Crippen molar-refractivity contribution in [2.45, 2.75) is 13.0 Å². The lowest BCUT2D eigenvalue weighted by atomic mass is 10.0. The van der Waals surface area contributed by atoms with Gasteiger partial charge < -0.3 is 20.1 Å². The van der Waals surface area contributed by atoms with Crippen LogP contribution < -0.4 is 10.5 Å². The molecule has 0 aliphatic heterocycles. The van der Waals surface area contributed by atoms with E-state index in [0.29, 0.717) is 33.7 Å². The molecule has 1 amide bonds. The molecular weight excluding hydrogens is 548 g/mol. The van der Waals surface area contributed by atoms with Crippen LogP contribution in [0.5, 0.6) is 5.75 Å². The third kappa shape index (κ3) is 5.45. The molecule has 0 saturated carbocycles. The fraction of sp³-hybridized carbons (Fsp3) is 0.0857. The summed E-state index contributed by atoms with van der Waals surface area (Å²) in [6.07, 6.45) is 0.807. The number of carbonyl (C=O) groups is 2. The number of hydrogen-bond donors (Lipinski definition) is 2. The standard InChI is InChI=1S/C35H27ClN2O4/c36-27-14-12-25(13-15-27)26-18-30-34(31(19-26)42-21-32(39)40)33-28(35(37)41)10-5-11-29(33)38(30)20-24-9-4-8-23(17-24)16-22-6-2-1-3-7-22/h1-15,17-19H,16,20-21H2,(H2,37,41)(H,39,40). The summed E-state index contributed by atoms with van der Waals surface area (Å²) in [6.45, 7) is -0.0284. The third-order valence-electron chi connectivity index (χ3n) is 7.33. The van der Waals surface area contributed by atoms with E-state index in [-0.39, 0.29) is 0 Å². The van der Waals surface area contributed by atoms with Crippen molar-refractivity contribution in [1.29, 1.82) is 0 Å². The zero-order chi connectivity index (χ0) is 29.2. The minimum atomic E-state index is -1.10. The highest BCUT2D eigenvalue weighted by molar-refractivity contribution is 6.30. The maximum atomic E-state index is 12.6. The summed E-state index contributed by atoms with van der Waals surface area (Å²) in [5.74, 6) is -1.32. The van der Waals surface area contributed by atoms with Gasteiger partial charge in [-0.1, -0.05) is 84.4 Å². The molecular formula is C35H27ClN2O4. The molecule has 208 valence electrons. The lowest BCUT2D eigenvalue weighted by Gasteiger charge is -2.13. The smallest absolute Gasteiger partial charge is 0.341 e. The maximum Gasteiger partial charge on any atom is 0.341 e. The summed E-state index contributed by atoms with van der Waals surface area (Å²) in [7, 11) is 0. The number of halogens is 1. The highest BCUT2D eigenvalue weighted by Gasteiger charge is 2.22. The highest BCUT2D eigenvalue weighted by Crippen LogP contribution is 2.41. The first-order valence-electron chi connectivity index (χ1n) is 13.5. The number of hydrogen-bond acceptors (Lipinski definition) is 3. The number of nitrogens with two attached hydrogens (primary N) is 1. The second kappa shape index (κ2) is 11.4. The Balaban J connectivity index is 1.57. The predicted molar refractivity (Wildman–Crippen MR) is 166 cm³/mol. The van der Waals surface area contributed by atoms with Gasteiger partial charge in [0, 0.05) is 22.5 Å². The first-order chi connectivity index (χ1) is 20.4. The number of amides is 1. The number of aromatic nitrogens is 1. The molecule has 0 fully saturated rings. The molecule has 0 aliphatic carbocycles. The average Bonchev–Trinajstić information content (AvgIpc) is 3.30. The van der Waals surface area contributed by atoms with Crippen molar-refractivity contribution in [3.8, 4) is 16.9 Å². The molecule has 5 aromatic carbocycles. The zero-order valence-corrected chi connectivity index (χ0v) is 23.3. The molecule has 0 radical (unpaired) electrons. The Labute approximate surface area is 247 Å². The molecule has 42 heavy (non-hydrogen) atoms. The number of carboxylic acid groups (broad SMARTS) is 1. The monoisotopic (exact) mass is 574 g/mol. The number of primary amides is 1. The van der Waals surface area contributed by atoms with Gasteiger partial charge in [0.15, 0.2) is 6.61 Å². The Morgan fingerprint density at radius 2 is 1.45 bits per heavy atom. The van der Waals surface area contributed by atoms with Crippen molar-refractivity contribution in [3.05, 3.63) is 136 Å². The van der Waals surface area contributed by atoms with Crippen LogP contribution in [0, 0.1) is 0 Å². The van der Waals surface area contributed by atoms with Crippen LogP contribution in [0.1, 0.15) is 27.0 Å². The van der Waals surface area contributed by atoms with Crippen LogP contribution in [0.2, 0.25) is 5.02 Å². The van der Waals surface area contributed by atoms with Crippen molar-refractivity contribution in [2.75, 3.05) is 6.61 Å². The topological polar surface area (TPSA) is 94.6 Å². The van der Waals surface area contributed by atoms with Gasteiger partial charge in [-0.3, -0.25) is 4.79 Å². The molecule has 1 heterocycles. The van der Waals surface area contributed by atoms with E-state index in [1.807, 2.05) is 48.5 Å². The van der Waals surface area contributed by atoms with Gasteiger partial charge in [0.25, 0.3) is 0 Å². The van der Waals surface area contributed by atoms with E-state index in [9.17, 15) is 14.7 Å². The predicted octanol–water partition coefficient (Wildman–Crippen LogP) is 7.32. The van der Waals surface area contributed by atoms with Crippen molar-refractivity contribution in [3.63, 3.8) is 0 Å². The zero-order valence-electron chi connectivity index (χ0n) is 22.6. The molecule has 0 bridgehead atoms. The summed E-state index contributed by atoms with van der Waals surface area (Å²) in [5.41, 5.74) is 13.0. The van der Waals surface area contributed by atoms with Crippen molar-refractivity contribution in [2.24, 2.45) is 5.73 Å². The van der Waals surface area contributed by atoms with Crippen LogP contribution in [-0.2, 0) is 17.8 Å². The van der Waals surface area contributed by atoms with Gasteiger partial charge in [-0.05, 0) is 70.6 Å². The molecule has 6 rings (SSSR count). The van der Waals surface area contributed by atoms with Crippen LogP contribution in [0.4, 0.5) is 0 Å². The van der Waals surface area contributed by atoms with E-state index in [2.05, 4.69) is 41.0 Å². The van der Waals surface area contributed by atoms with Gasteiger partial charge in [-0.25, -0.2) is 4.79 Å². The average molecular weight is 575 g/mol. The van der Waals surface area contributed by atoms with Gasteiger partial charge in [0.05, 0.1) is 16.4 Å². The second-order valence-corrected chi connectivity index (χ2v) is 10.6. The number of rotatable bonds is 9. The molecule has 0 atom stereocenters. The van der Waals surface area contributed by atoms with Gasteiger partial charge in [0.2, 0.25) is 5.91 Å². The number of carbonyl (C=O) groups excluding carboxylic acids is 1. The van der Waals surface area contributed by atoms with Crippen LogP contribution in [0.3, 0.4) is 0 Å². The molecule has 0 saturated heterocycles. The van der Waals surface area contributed by atoms with E-state index < -0.39 is 18.5 Å². The highest BCUT2D eigenvalue weighted by atomic mass is 35.5. The number of fused-ring (bicyclic) bond motifs is 3. The molecule has 3 N–H and O–H groups in total. The van der Waals surface area contributed by atoms with Crippen LogP contribution in [0.15, 0.2) is 109 Å². The fourth-order valence-electron chi connectivity index (χ4n) is 5.51. The Morgan fingerprint density at radius 1 is 0.738 bits per heavy atom. The fourth-order valence-corrected chi connectivity index (χ4v) is 5.64. The number of carboxylic acids is 1. The molecule has 0 aliphatic rings. The summed E-state index contributed by atoms with van der Waals surface area (Å²) >= 11 is 6.15. The van der Waals surface area contributed by atoms with Gasteiger partial charge >= 0.3 is 5.97 Å². The van der Waals surface area contributed by atoms with Crippen LogP contribution >= 0.6 is 11.6 Å². The molecule has 0 unspecified atom stereocenters. The molecule has 7 heteroatoms. The minimum absolute atomic E-state index is 0.341. The summed E-state index contributed by atoms with van der Waals surface area (Å²) < 4.78 is 8.00. The quantitative estimate of drug-likeness (QED) is 0.189. The summed E-state index contributed by atoms with van der Waals surface area (Å²) in [5, 5.41) is 11.3. The van der Waals surface area contributed by atoms with E-state index in [1.165, 1.54) is 11.1 Å². The molecule has 6 aromatic rings. The van der Waals surface area contributed by atoms with Crippen molar-refractivity contribution >= 4 is 45.3 Å². The number of aliphatic carboxylic acids is 1. The first kappa shape index (κ1) is 27.1. The summed E-state index contributed by atoms with van der Waals surface area (Å²) in [6, 6.07) is 35.4.